The Morgan fingerprint density at radius 2 is 1.76 bits per heavy atom. The van der Waals surface area contributed by atoms with Gasteiger partial charge in [-0.05, 0) is 6.42 Å². The lowest BCUT2D eigenvalue weighted by Crippen LogP contribution is -2.31. The Hall–Kier alpha value is -0.510. The Morgan fingerprint density at radius 3 is 2.24 bits per heavy atom. The van der Waals surface area contributed by atoms with Gasteiger partial charge >= 0.3 is 0 Å². The number of unbranched alkanes of at least 4 members (excludes halogenated alkanes) is 4. The van der Waals surface area contributed by atoms with E-state index >= 15 is 0 Å². The molecule has 0 aliphatic carbocycles. The van der Waals surface area contributed by atoms with Crippen molar-refractivity contribution in [2.75, 3.05) is 6.54 Å². The molecule has 0 radical (unpaired) electrons. The molecule has 0 bridgehead atoms. The molecule has 1 saturated heterocycles. The van der Waals surface area contributed by atoms with Gasteiger partial charge in [-0.15, -0.1) is 0 Å². The molecule has 3 nitrogen and oxygen atoms in total. The standard InChI is InChI=1S/C11H19NO2S.C2H6/c1-2-3-4-5-6-7-12-10(13)8-9(15)11(12)14;1-2/h9,15H,2-8H2,1H3;1-2H3. The summed E-state index contributed by atoms with van der Waals surface area (Å²) in [4.78, 5) is 24.2. The van der Waals surface area contributed by atoms with Gasteiger partial charge in [-0.2, -0.15) is 12.6 Å². The van der Waals surface area contributed by atoms with E-state index in [0.29, 0.717) is 6.54 Å². The van der Waals surface area contributed by atoms with Crippen LogP contribution in [0.3, 0.4) is 0 Å². The Kier molecular flexibility index (Phi) is 9.23. The van der Waals surface area contributed by atoms with Crippen LogP contribution in [-0.4, -0.2) is 28.5 Å². The lowest BCUT2D eigenvalue weighted by Gasteiger charge is -2.13. The summed E-state index contributed by atoms with van der Waals surface area (Å²) in [5.74, 6) is -0.172. The molecule has 0 spiro atoms. The molecule has 0 saturated carbocycles. The molecule has 4 heteroatoms. The monoisotopic (exact) mass is 259 g/mol. The lowest BCUT2D eigenvalue weighted by molar-refractivity contribution is -0.138. The van der Waals surface area contributed by atoms with Crippen LogP contribution in [0, 0.1) is 0 Å². The Labute approximate surface area is 110 Å². The molecule has 0 N–H and O–H groups in total. The third-order valence-electron chi connectivity index (χ3n) is 2.71. The fourth-order valence-electron chi connectivity index (χ4n) is 1.77. The highest BCUT2D eigenvalue weighted by Crippen LogP contribution is 2.18. The van der Waals surface area contributed by atoms with Gasteiger partial charge in [0.1, 0.15) is 0 Å². The highest BCUT2D eigenvalue weighted by Gasteiger charge is 2.35. The van der Waals surface area contributed by atoms with Crippen molar-refractivity contribution in [2.45, 2.75) is 64.5 Å². The Morgan fingerprint density at radius 1 is 1.18 bits per heavy atom. The first-order valence-corrected chi connectivity index (χ1v) is 7.20. The maximum atomic E-state index is 11.5. The third kappa shape index (κ3) is 5.57. The topological polar surface area (TPSA) is 37.4 Å². The Bertz CT molecular complexity index is 244. The van der Waals surface area contributed by atoms with Crippen LogP contribution in [0.1, 0.15) is 59.3 Å². The van der Waals surface area contributed by atoms with Gasteiger partial charge in [0.25, 0.3) is 0 Å². The van der Waals surface area contributed by atoms with E-state index < -0.39 is 5.25 Å². The van der Waals surface area contributed by atoms with Gasteiger partial charge in [0.15, 0.2) is 0 Å². The van der Waals surface area contributed by atoms with Crippen molar-refractivity contribution in [1.29, 1.82) is 0 Å². The lowest BCUT2D eigenvalue weighted by atomic mass is 10.1. The summed E-state index contributed by atoms with van der Waals surface area (Å²) in [6.45, 7) is 6.75. The molecule has 2 amide bonds. The summed E-state index contributed by atoms with van der Waals surface area (Å²) in [5.41, 5.74) is 0. The average Bonchev–Trinajstić information content (AvgIpc) is 2.57. The molecule has 1 aliphatic heterocycles. The normalized spacial score (nSPS) is 19.3. The third-order valence-corrected chi connectivity index (χ3v) is 3.11. The SMILES string of the molecule is CC.CCCCCCCN1C(=O)CC(S)C1=O. The van der Waals surface area contributed by atoms with E-state index in [1.807, 2.05) is 13.8 Å². The van der Waals surface area contributed by atoms with Crippen LogP contribution in [0.4, 0.5) is 0 Å². The second kappa shape index (κ2) is 9.51. The predicted octanol–water partition coefficient (Wildman–Crippen LogP) is 3.04. The van der Waals surface area contributed by atoms with Crippen molar-refractivity contribution < 1.29 is 9.59 Å². The average molecular weight is 259 g/mol. The van der Waals surface area contributed by atoms with Gasteiger partial charge in [-0.3, -0.25) is 14.5 Å². The molecule has 1 atom stereocenters. The largest absolute Gasteiger partial charge is 0.282 e. The van der Waals surface area contributed by atoms with Gasteiger partial charge in [0.05, 0.1) is 5.25 Å². The van der Waals surface area contributed by atoms with Crippen LogP contribution in [0.15, 0.2) is 0 Å². The molecule has 0 aromatic rings. The van der Waals surface area contributed by atoms with Crippen LogP contribution in [0.2, 0.25) is 0 Å². The van der Waals surface area contributed by atoms with Crippen LogP contribution < -0.4 is 0 Å². The van der Waals surface area contributed by atoms with E-state index in [2.05, 4.69) is 19.6 Å². The summed E-state index contributed by atoms with van der Waals surface area (Å²) in [7, 11) is 0. The van der Waals surface area contributed by atoms with E-state index in [-0.39, 0.29) is 18.2 Å². The first kappa shape index (κ1) is 16.5. The number of carbonyl (C=O) groups excluding carboxylic acids is 2. The molecule has 1 fully saturated rings. The highest BCUT2D eigenvalue weighted by molar-refractivity contribution is 7.81. The Balaban J connectivity index is 0.00000121. The van der Waals surface area contributed by atoms with Gasteiger partial charge in [-0.25, -0.2) is 0 Å². The molecule has 0 aromatic heterocycles. The number of imide groups is 1. The van der Waals surface area contributed by atoms with E-state index in [9.17, 15) is 9.59 Å². The zero-order valence-electron chi connectivity index (χ0n) is 11.2. The molecule has 1 rings (SSSR count). The minimum absolute atomic E-state index is 0.0597. The highest BCUT2D eigenvalue weighted by atomic mass is 32.1. The number of hydrogen-bond donors (Lipinski definition) is 1. The molecule has 0 aromatic carbocycles. The number of amides is 2. The van der Waals surface area contributed by atoms with Crippen molar-refractivity contribution in [2.24, 2.45) is 0 Å². The maximum Gasteiger partial charge on any atom is 0.242 e. The quantitative estimate of drug-likeness (QED) is 0.452. The van der Waals surface area contributed by atoms with Gasteiger partial charge < -0.3 is 0 Å². The van der Waals surface area contributed by atoms with Crippen LogP contribution in [0.25, 0.3) is 0 Å². The van der Waals surface area contributed by atoms with E-state index in [0.717, 1.165) is 12.8 Å². The first-order chi connectivity index (χ1) is 8.16. The van der Waals surface area contributed by atoms with Crippen molar-refractivity contribution in [3.05, 3.63) is 0 Å². The second-order valence-electron chi connectivity index (χ2n) is 4.02. The predicted molar refractivity (Wildman–Crippen MR) is 74.2 cm³/mol. The maximum absolute atomic E-state index is 11.5. The van der Waals surface area contributed by atoms with Crippen molar-refractivity contribution in [3.63, 3.8) is 0 Å². The summed E-state index contributed by atoms with van der Waals surface area (Å²) < 4.78 is 0. The van der Waals surface area contributed by atoms with Gasteiger partial charge in [-0.1, -0.05) is 46.5 Å². The minimum atomic E-state index is -0.395. The number of likely N-dealkylation sites (tertiary alicyclic amines) is 1. The fourth-order valence-corrected chi connectivity index (χ4v) is 2.07. The van der Waals surface area contributed by atoms with Crippen LogP contribution in [0.5, 0.6) is 0 Å². The zero-order valence-corrected chi connectivity index (χ0v) is 12.1. The molecule has 1 unspecified atom stereocenters. The van der Waals surface area contributed by atoms with Crippen LogP contribution in [-0.2, 0) is 9.59 Å². The molecular formula is C13H25NO2S. The van der Waals surface area contributed by atoms with Crippen molar-refractivity contribution in [3.8, 4) is 0 Å². The van der Waals surface area contributed by atoms with E-state index in [4.69, 9.17) is 0 Å². The summed E-state index contributed by atoms with van der Waals surface area (Å²) in [5, 5.41) is -0.395. The number of hydrogen-bond acceptors (Lipinski definition) is 3. The number of carbonyl (C=O) groups is 2. The van der Waals surface area contributed by atoms with Crippen molar-refractivity contribution in [1.82, 2.24) is 4.90 Å². The molecular weight excluding hydrogens is 234 g/mol. The van der Waals surface area contributed by atoms with E-state index in [1.54, 1.807) is 0 Å². The van der Waals surface area contributed by atoms with Gasteiger partial charge in [0.2, 0.25) is 11.8 Å². The number of rotatable bonds is 6. The number of nitrogens with zero attached hydrogens (tertiary/aromatic N) is 1. The van der Waals surface area contributed by atoms with Crippen LogP contribution >= 0.6 is 12.6 Å². The zero-order chi connectivity index (χ0) is 13.3. The molecule has 100 valence electrons. The second-order valence-corrected chi connectivity index (χ2v) is 4.64. The molecule has 17 heavy (non-hydrogen) atoms. The fraction of sp³-hybridized carbons (Fsp3) is 0.846. The smallest absolute Gasteiger partial charge is 0.242 e. The van der Waals surface area contributed by atoms with E-state index in [1.165, 1.54) is 24.2 Å². The number of thiol groups is 1. The summed E-state index contributed by atoms with van der Waals surface area (Å²) in [6.07, 6.45) is 5.94. The molecule has 1 aliphatic rings. The first-order valence-electron chi connectivity index (χ1n) is 6.69. The molecule has 1 heterocycles. The summed E-state index contributed by atoms with van der Waals surface area (Å²) >= 11 is 4.07. The summed E-state index contributed by atoms with van der Waals surface area (Å²) in [6, 6.07) is 0. The van der Waals surface area contributed by atoms with Crippen molar-refractivity contribution >= 4 is 24.4 Å². The van der Waals surface area contributed by atoms with Gasteiger partial charge in [0, 0.05) is 13.0 Å². The minimum Gasteiger partial charge on any atom is -0.282 e.